The average Bonchev–Trinajstić information content (AvgIpc) is 3.16. The van der Waals surface area contributed by atoms with Crippen LogP contribution in [0.15, 0.2) is 23.2 Å². The minimum Gasteiger partial charge on any atom is -0.497 e. The van der Waals surface area contributed by atoms with Crippen LogP contribution in [0.3, 0.4) is 0 Å². The largest absolute Gasteiger partial charge is 0.497 e. The molecular weight excluding hydrogens is 410 g/mol. The van der Waals surface area contributed by atoms with Crippen LogP contribution in [0.25, 0.3) is 0 Å². The van der Waals surface area contributed by atoms with Gasteiger partial charge in [0.25, 0.3) is 5.91 Å². The minimum absolute atomic E-state index is 0.196. The van der Waals surface area contributed by atoms with Gasteiger partial charge in [0, 0.05) is 25.6 Å². The number of imide groups is 1. The van der Waals surface area contributed by atoms with Crippen LogP contribution in [-0.2, 0) is 4.79 Å². The van der Waals surface area contributed by atoms with Gasteiger partial charge >= 0.3 is 12.0 Å². The van der Waals surface area contributed by atoms with Crippen molar-refractivity contribution in [2.24, 2.45) is 16.8 Å². The van der Waals surface area contributed by atoms with Crippen LogP contribution in [0.5, 0.6) is 11.5 Å². The Kier molecular flexibility index (Phi) is 5.83. The van der Waals surface area contributed by atoms with E-state index in [0.717, 1.165) is 18.7 Å². The van der Waals surface area contributed by atoms with Crippen LogP contribution in [0.2, 0.25) is 0 Å². The van der Waals surface area contributed by atoms with Crippen molar-refractivity contribution in [3.8, 4) is 11.5 Å². The number of guanidine groups is 1. The van der Waals surface area contributed by atoms with Gasteiger partial charge in [-0.25, -0.2) is 14.3 Å². The van der Waals surface area contributed by atoms with Gasteiger partial charge in [0.1, 0.15) is 11.4 Å². The highest BCUT2D eigenvalue weighted by Crippen LogP contribution is 2.36. The molecule has 0 saturated carbocycles. The fraction of sp³-hybridized carbons (Fsp3) is 0.565. The van der Waals surface area contributed by atoms with Crippen molar-refractivity contribution in [2.45, 2.75) is 33.2 Å². The molecule has 0 spiro atoms. The van der Waals surface area contributed by atoms with Crippen LogP contribution in [0, 0.1) is 11.8 Å². The Bertz CT molecular complexity index is 1000. The van der Waals surface area contributed by atoms with Gasteiger partial charge in [0.15, 0.2) is 5.75 Å². The van der Waals surface area contributed by atoms with E-state index in [1.54, 1.807) is 21.3 Å². The van der Waals surface area contributed by atoms with E-state index in [2.05, 4.69) is 25.7 Å². The molecule has 172 valence electrons. The van der Waals surface area contributed by atoms with Crippen LogP contribution in [0.4, 0.5) is 10.5 Å². The first-order valence-electron chi connectivity index (χ1n) is 11.1. The van der Waals surface area contributed by atoms with E-state index in [-0.39, 0.29) is 17.9 Å². The highest BCUT2D eigenvalue weighted by molar-refractivity contribution is 6.24. The zero-order chi connectivity index (χ0) is 23.2. The molecule has 3 aliphatic heterocycles. The Hall–Kier alpha value is -3.10. The molecular formula is C23H32N5O4+. The third-order valence-electron chi connectivity index (χ3n) is 6.24. The average molecular weight is 443 g/mol. The van der Waals surface area contributed by atoms with Gasteiger partial charge in [-0.3, -0.25) is 14.6 Å². The van der Waals surface area contributed by atoms with Crippen LogP contribution >= 0.6 is 0 Å². The van der Waals surface area contributed by atoms with Crippen LogP contribution < -0.4 is 14.4 Å². The van der Waals surface area contributed by atoms with Crippen molar-refractivity contribution in [2.75, 3.05) is 45.8 Å². The molecule has 3 amide bonds. The Morgan fingerprint density at radius 2 is 1.97 bits per heavy atom. The monoisotopic (exact) mass is 442 g/mol. The predicted molar refractivity (Wildman–Crippen MR) is 122 cm³/mol. The number of carbonyl (C=O) groups excluding carboxylic acids is 2. The molecule has 2 unspecified atom stereocenters. The number of nitrogens with zero attached hydrogens (tertiary/aromatic N) is 5. The quantitative estimate of drug-likeness (QED) is 0.632. The number of methoxy groups -OCH3 is 2. The highest BCUT2D eigenvalue weighted by atomic mass is 16.5. The summed E-state index contributed by atoms with van der Waals surface area (Å²) in [6, 6.07) is 4.76. The number of fused-ring (bicyclic) bond motifs is 2. The molecule has 1 aromatic carbocycles. The second kappa shape index (κ2) is 8.44. The molecule has 4 rings (SSSR count). The summed E-state index contributed by atoms with van der Waals surface area (Å²) in [5, 5.41) is 0. The number of benzene rings is 1. The molecule has 0 N–H and O–H groups in total. The number of urea groups is 1. The number of amides is 3. The summed E-state index contributed by atoms with van der Waals surface area (Å²) in [7, 11) is 4.94. The fourth-order valence-electron chi connectivity index (χ4n) is 4.50. The third kappa shape index (κ3) is 3.59. The van der Waals surface area contributed by atoms with Gasteiger partial charge in [-0.1, -0.05) is 25.8 Å². The predicted octanol–water partition coefficient (Wildman–Crippen LogP) is 2.25. The summed E-state index contributed by atoms with van der Waals surface area (Å²) in [6.07, 6.45) is 0.770. The molecule has 0 aromatic heterocycles. The number of hydrogen-bond acceptors (Lipinski definition) is 6. The number of likely N-dealkylation sites (N-methyl/N-ethyl adjacent to an activating group) is 1. The molecule has 32 heavy (non-hydrogen) atoms. The van der Waals surface area contributed by atoms with Crippen LogP contribution in [0.1, 0.15) is 27.2 Å². The number of aliphatic imine (C=N–C) groups is 1. The third-order valence-corrected chi connectivity index (χ3v) is 6.24. The maximum atomic E-state index is 13.5. The van der Waals surface area contributed by atoms with Crippen molar-refractivity contribution in [3.63, 3.8) is 0 Å². The minimum atomic E-state index is -0.589. The van der Waals surface area contributed by atoms with Gasteiger partial charge in [-0.2, -0.15) is 0 Å². The molecule has 2 atom stereocenters. The lowest BCUT2D eigenvalue weighted by atomic mass is 10.1. The lowest BCUT2D eigenvalue weighted by molar-refractivity contribution is -0.545. The molecule has 9 nitrogen and oxygen atoms in total. The molecule has 1 fully saturated rings. The number of ether oxygens (including phenoxy) is 2. The van der Waals surface area contributed by atoms with E-state index in [4.69, 9.17) is 14.5 Å². The van der Waals surface area contributed by atoms with E-state index >= 15 is 0 Å². The number of anilines is 1. The SMILES string of the molecule is COc1ccc(N2CC(C)C[N+]3=C2N=C2C3C(=O)N(CCC(C)C)C(=O)N2C)c(OC)c1. The van der Waals surface area contributed by atoms with Crippen LogP contribution in [-0.4, -0.2) is 85.1 Å². The zero-order valence-electron chi connectivity index (χ0n) is 19.7. The van der Waals surface area contributed by atoms with Gasteiger partial charge in [-0.05, 0) is 24.5 Å². The van der Waals surface area contributed by atoms with Gasteiger partial charge < -0.3 is 9.47 Å². The van der Waals surface area contributed by atoms with Crippen molar-refractivity contribution in [3.05, 3.63) is 18.2 Å². The Balaban J connectivity index is 1.75. The second-order valence-electron chi connectivity index (χ2n) is 9.09. The molecule has 3 heterocycles. The molecule has 1 aromatic rings. The number of hydrogen-bond donors (Lipinski definition) is 0. The van der Waals surface area contributed by atoms with Crippen molar-refractivity contribution >= 4 is 29.4 Å². The van der Waals surface area contributed by atoms with Crippen molar-refractivity contribution < 1.29 is 23.6 Å². The maximum absolute atomic E-state index is 13.5. The first kappa shape index (κ1) is 22.1. The summed E-state index contributed by atoms with van der Waals surface area (Å²) in [5.74, 6) is 3.00. The lowest BCUT2D eigenvalue weighted by Crippen LogP contribution is -2.63. The molecule has 3 aliphatic rings. The highest BCUT2D eigenvalue weighted by Gasteiger charge is 2.55. The maximum Gasteiger partial charge on any atom is 0.397 e. The van der Waals surface area contributed by atoms with E-state index in [9.17, 15) is 9.59 Å². The summed E-state index contributed by atoms with van der Waals surface area (Å²) < 4.78 is 13.0. The lowest BCUT2D eigenvalue weighted by Gasteiger charge is -2.35. The van der Waals surface area contributed by atoms with Gasteiger partial charge in [-0.15, -0.1) is 0 Å². The Labute approximate surface area is 188 Å². The smallest absolute Gasteiger partial charge is 0.397 e. The second-order valence-corrected chi connectivity index (χ2v) is 9.09. The molecule has 1 saturated heterocycles. The van der Waals surface area contributed by atoms with Crippen molar-refractivity contribution in [1.29, 1.82) is 0 Å². The number of carbonyl (C=O) groups is 2. The van der Waals surface area contributed by atoms with Crippen molar-refractivity contribution in [1.82, 2.24) is 9.80 Å². The molecule has 0 bridgehead atoms. The zero-order valence-corrected chi connectivity index (χ0v) is 19.7. The topological polar surface area (TPSA) is 77.7 Å². The standard InChI is InChI=1S/C23H32N5O4/c1-14(2)9-10-26-21(29)19-20(25(4)23(26)30)24-22-27(12-15(3)13-28(19)22)17-8-7-16(31-5)11-18(17)32-6/h7-8,11,14-15,19H,9-10,12-13H2,1-6H3/q+1. The van der Waals surface area contributed by atoms with E-state index in [1.807, 2.05) is 22.8 Å². The molecule has 0 radical (unpaired) electrons. The summed E-state index contributed by atoms with van der Waals surface area (Å²) in [5.41, 5.74) is 0.848. The van der Waals surface area contributed by atoms with E-state index < -0.39 is 6.04 Å². The summed E-state index contributed by atoms with van der Waals surface area (Å²) in [4.78, 5) is 36.2. The van der Waals surface area contributed by atoms with E-state index in [1.165, 1.54) is 9.80 Å². The first-order valence-corrected chi connectivity index (χ1v) is 11.1. The summed E-state index contributed by atoms with van der Waals surface area (Å²) in [6.45, 7) is 8.15. The Morgan fingerprint density at radius 1 is 1.22 bits per heavy atom. The first-order chi connectivity index (χ1) is 15.3. The fourth-order valence-corrected chi connectivity index (χ4v) is 4.50. The molecule has 0 aliphatic carbocycles. The van der Waals surface area contributed by atoms with E-state index in [0.29, 0.717) is 42.3 Å². The van der Waals surface area contributed by atoms with Gasteiger partial charge in [0.05, 0.1) is 27.3 Å². The van der Waals surface area contributed by atoms with Gasteiger partial charge in [0.2, 0.25) is 11.9 Å². The summed E-state index contributed by atoms with van der Waals surface area (Å²) >= 11 is 0. The molecule has 9 heteroatoms. The normalized spacial score (nSPS) is 23.0. The number of amidine groups is 1. The Morgan fingerprint density at radius 3 is 2.62 bits per heavy atom. The number of rotatable bonds is 6.